The molecular formula is C22H21F2NO2. The highest BCUT2D eigenvalue weighted by molar-refractivity contribution is 5.28. The van der Waals surface area contributed by atoms with Crippen molar-refractivity contribution >= 4 is 0 Å². The predicted molar refractivity (Wildman–Crippen MR) is 100 cm³/mol. The fourth-order valence-corrected chi connectivity index (χ4v) is 2.68. The second-order valence-corrected chi connectivity index (χ2v) is 6.26. The molecule has 0 saturated heterocycles. The quantitative estimate of drug-likeness (QED) is 0.620. The van der Waals surface area contributed by atoms with Crippen molar-refractivity contribution in [2.45, 2.75) is 19.3 Å². The van der Waals surface area contributed by atoms with E-state index in [1.807, 2.05) is 30.3 Å². The molecule has 3 nitrogen and oxygen atoms in total. The summed E-state index contributed by atoms with van der Waals surface area (Å²) in [7, 11) is 0. The van der Waals surface area contributed by atoms with Gasteiger partial charge in [-0.2, -0.15) is 0 Å². The van der Waals surface area contributed by atoms with E-state index in [2.05, 4.69) is 5.32 Å². The van der Waals surface area contributed by atoms with Crippen LogP contribution in [0.3, 0.4) is 0 Å². The molecule has 0 aromatic heterocycles. The van der Waals surface area contributed by atoms with Crippen molar-refractivity contribution in [2.24, 2.45) is 0 Å². The van der Waals surface area contributed by atoms with Crippen LogP contribution in [0.1, 0.15) is 22.8 Å². The molecule has 3 aromatic rings. The SMILES string of the molecule is O[C@H](CNCc1ccc(OCc2cccc(F)c2)cc1)c1cccc(F)c1. The largest absolute Gasteiger partial charge is 0.489 e. The lowest BCUT2D eigenvalue weighted by Gasteiger charge is -2.13. The maximum Gasteiger partial charge on any atom is 0.123 e. The molecule has 27 heavy (non-hydrogen) atoms. The van der Waals surface area contributed by atoms with Gasteiger partial charge in [-0.25, -0.2) is 8.78 Å². The van der Waals surface area contributed by atoms with Gasteiger partial charge in [-0.1, -0.05) is 36.4 Å². The summed E-state index contributed by atoms with van der Waals surface area (Å²) in [6.07, 6.45) is -0.769. The van der Waals surface area contributed by atoms with Crippen molar-refractivity contribution in [3.8, 4) is 5.75 Å². The van der Waals surface area contributed by atoms with E-state index >= 15 is 0 Å². The average molecular weight is 369 g/mol. The van der Waals surface area contributed by atoms with E-state index in [-0.39, 0.29) is 11.6 Å². The van der Waals surface area contributed by atoms with Crippen molar-refractivity contribution < 1.29 is 18.6 Å². The fraction of sp³-hybridized carbons (Fsp3) is 0.182. The smallest absolute Gasteiger partial charge is 0.123 e. The Morgan fingerprint density at radius 1 is 0.852 bits per heavy atom. The predicted octanol–water partition coefficient (Wildman–Crippen LogP) is 4.37. The van der Waals surface area contributed by atoms with Gasteiger partial charge in [0.15, 0.2) is 0 Å². The van der Waals surface area contributed by atoms with Gasteiger partial charge in [-0.05, 0) is 53.1 Å². The van der Waals surface area contributed by atoms with Crippen LogP contribution >= 0.6 is 0 Å². The fourth-order valence-electron chi connectivity index (χ4n) is 2.68. The summed E-state index contributed by atoms with van der Waals surface area (Å²) in [5, 5.41) is 13.2. The summed E-state index contributed by atoms with van der Waals surface area (Å²) >= 11 is 0. The molecule has 0 radical (unpaired) electrons. The summed E-state index contributed by atoms with van der Waals surface area (Å²) < 4.78 is 32.0. The van der Waals surface area contributed by atoms with Crippen molar-refractivity contribution in [1.82, 2.24) is 5.32 Å². The van der Waals surface area contributed by atoms with Gasteiger partial charge in [0.05, 0.1) is 6.10 Å². The van der Waals surface area contributed by atoms with Crippen LogP contribution in [-0.2, 0) is 13.2 Å². The van der Waals surface area contributed by atoms with Gasteiger partial charge in [0.1, 0.15) is 24.0 Å². The summed E-state index contributed by atoms with van der Waals surface area (Å²) in [5.41, 5.74) is 2.34. The molecule has 0 aliphatic carbocycles. The highest BCUT2D eigenvalue weighted by atomic mass is 19.1. The van der Waals surface area contributed by atoms with Gasteiger partial charge >= 0.3 is 0 Å². The van der Waals surface area contributed by atoms with Crippen LogP contribution in [0.15, 0.2) is 72.8 Å². The van der Waals surface area contributed by atoms with Crippen LogP contribution in [0.2, 0.25) is 0 Å². The minimum Gasteiger partial charge on any atom is -0.489 e. The van der Waals surface area contributed by atoms with Crippen molar-refractivity contribution in [3.63, 3.8) is 0 Å². The maximum absolute atomic E-state index is 13.2. The van der Waals surface area contributed by atoms with Gasteiger partial charge in [0, 0.05) is 13.1 Å². The van der Waals surface area contributed by atoms with Gasteiger partial charge in [0.2, 0.25) is 0 Å². The van der Waals surface area contributed by atoms with Crippen LogP contribution < -0.4 is 10.1 Å². The first-order valence-electron chi connectivity index (χ1n) is 8.70. The number of benzene rings is 3. The Bertz CT molecular complexity index is 868. The average Bonchev–Trinajstić information content (AvgIpc) is 2.67. The second kappa shape index (κ2) is 9.26. The van der Waals surface area contributed by atoms with Crippen LogP contribution in [0.25, 0.3) is 0 Å². The number of aliphatic hydroxyl groups excluding tert-OH is 1. The zero-order valence-corrected chi connectivity index (χ0v) is 14.7. The molecular weight excluding hydrogens is 348 g/mol. The Kier molecular flexibility index (Phi) is 6.52. The van der Waals surface area contributed by atoms with E-state index < -0.39 is 6.10 Å². The molecule has 140 valence electrons. The Morgan fingerprint density at radius 3 is 2.26 bits per heavy atom. The lowest BCUT2D eigenvalue weighted by Crippen LogP contribution is -2.21. The van der Waals surface area contributed by atoms with Gasteiger partial charge in [0.25, 0.3) is 0 Å². The van der Waals surface area contributed by atoms with E-state index in [0.717, 1.165) is 11.1 Å². The van der Waals surface area contributed by atoms with Crippen LogP contribution in [0.4, 0.5) is 8.78 Å². The Balaban J connectivity index is 1.45. The third-order valence-electron chi connectivity index (χ3n) is 4.12. The highest BCUT2D eigenvalue weighted by Gasteiger charge is 2.07. The number of hydrogen-bond acceptors (Lipinski definition) is 3. The van der Waals surface area contributed by atoms with Crippen molar-refractivity contribution in [3.05, 3.63) is 101 Å². The van der Waals surface area contributed by atoms with Gasteiger partial charge in [-0.3, -0.25) is 0 Å². The first kappa shape index (κ1) is 19.0. The van der Waals surface area contributed by atoms with Crippen molar-refractivity contribution in [2.75, 3.05) is 6.54 Å². The topological polar surface area (TPSA) is 41.5 Å². The Morgan fingerprint density at radius 2 is 1.56 bits per heavy atom. The second-order valence-electron chi connectivity index (χ2n) is 6.26. The molecule has 0 aliphatic heterocycles. The molecule has 0 bridgehead atoms. The summed E-state index contributed by atoms with van der Waals surface area (Å²) in [6.45, 7) is 1.19. The van der Waals surface area contributed by atoms with E-state index in [1.54, 1.807) is 18.2 Å². The van der Waals surface area contributed by atoms with Gasteiger partial charge in [-0.15, -0.1) is 0 Å². The zero-order valence-electron chi connectivity index (χ0n) is 14.7. The minimum atomic E-state index is -0.769. The van der Waals surface area contributed by atoms with Crippen LogP contribution in [-0.4, -0.2) is 11.7 Å². The van der Waals surface area contributed by atoms with E-state index in [4.69, 9.17) is 4.74 Å². The molecule has 0 spiro atoms. The third kappa shape index (κ3) is 5.88. The molecule has 2 N–H and O–H groups in total. The highest BCUT2D eigenvalue weighted by Crippen LogP contribution is 2.16. The molecule has 0 saturated carbocycles. The normalized spacial score (nSPS) is 12.0. The van der Waals surface area contributed by atoms with Crippen molar-refractivity contribution in [1.29, 1.82) is 0 Å². The first-order chi connectivity index (χ1) is 13.1. The Labute approximate surface area is 157 Å². The first-order valence-corrected chi connectivity index (χ1v) is 8.70. The molecule has 3 rings (SSSR count). The Hall–Kier alpha value is -2.76. The molecule has 3 aromatic carbocycles. The molecule has 1 atom stereocenters. The number of ether oxygens (including phenoxy) is 1. The summed E-state index contributed by atoms with van der Waals surface area (Å²) in [5.74, 6) is 0.0566. The van der Waals surface area contributed by atoms with Gasteiger partial charge < -0.3 is 15.2 Å². The molecule has 0 fully saturated rings. The zero-order chi connectivity index (χ0) is 19.1. The standard InChI is InChI=1S/C22H21F2NO2/c23-19-5-1-3-17(11-19)15-27-21-9-7-16(8-10-21)13-25-14-22(26)18-4-2-6-20(24)12-18/h1-12,22,25-26H,13-15H2/t22-/m1/s1. The lowest BCUT2D eigenvalue weighted by molar-refractivity contribution is 0.174. The summed E-state index contributed by atoms with van der Waals surface area (Å²) in [4.78, 5) is 0. The van der Waals surface area contributed by atoms with E-state index in [0.29, 0.717) is 31.0 Å². The number of hydrogen-bond donors (Lipinski definition) is 2. The maximum atomic E-state index is 13.2. The van der Waals surface area contributed by atoms with E-state index in [1.165, 1.54) is 24.3 Å². The molecule has 0 unspecified atom stereocenters. The number of nitrogens with one attached hydrogen (secondary N) is 1. The van der Waals surface area contributed by atoms with Crippen LogP contribution in [0, 0.1) is 11.6 Å². The third-order valence-corrected chi connectivity index (χ3v) is 4.12. The van der Waals surface area contributed by atoms with Crippen LogP contribution in [0.5, 0.6) is 5.75 Å². The number of halogens is 2. The van der Waals surface area contributed by atoms with E-state index in [9.17, 15) is 13.9 Å². The summed E-state index contributed by atoms with van der Waals surface area (Å²) in [6, 6.07) is 19.8. The number of aliphatic hydroxyl groups is 1. The minimum absolute atomic E-state index is 0.280. The molecule has 0 amide bonds. The molecule has 0 heterocycles. The molecule has 5 heteroatoms. The lowest BCUT2D eigenvalue weighted by atomic mass is 10.1. The molecule has 0 aliphatic rings. The number of rotatable bonds is 8. The monoisotopic (exact) mass is 369 g/mol.